The minimum Gasteiger partial charge on any atom is -0.478 e. The van der Waals surface area contributed by atoms with Gasteiger partial charge in [-0.3, -0.25) is 9.69 Å². The molecule has 0 radical (unpaired) electrons. The third kappa shape index (κ3) is 4.14. The summed E-state index contributed by atoms with van der Waals surface area (Å²) in [6, 6.07) is 23.3. The average molecular weight is 421 g/mol. The second-order valence-corrected chi connectivity index (χ2v) is 7.92. The van der Waals surface area contributed by atoms with E-state index in [1.165, 1.54) is 5.56 Å². The fourth-order valence-electron chi connectivity index (χ4n) is 3.72. The lowest BCUT2D eigenvalue weighted by molar-refractivity contribution is -0.134. The number of β-lactam (4-membered cyclic amide) rings is 1. The van der Waals surface area contributed by atoms with E-state index in [9.17, 15) is 4.79 Å². The maximum Gasteiger partial charge on any atom is 0.270 e. The smallest absolute Gasteiger partial charge is 0.270 e. The molecule has 3 aromatic rings. The van der Waals surface area contributed by atoms with Crippen LogP contribution in [0.3, 0.4) is 0 Å². The van der Waals surface area contributed by atoms with Crippen LogP contribution in [0.25, 0.3) is 0 Å². The van der Waals surface area contributed by atoms with Gasteiger partial charge in [0.05, 0.1) is 0 Å². The maximum atomic E-state index is 13.0. The summed E-state index contributed by atoms with van der Waals surface area (Å²) >= 11 is 5.97. The highest BCUT2D eigenvalue weighted by Crippen LogP contribution is 2.33. The van der Waals surface area contributed by atoms with Crippen LogP contribution >= 0.6 is 11.6 Å². The van der Waals surface area contributed by atoms with Gasteiger partial charge in [-0.25, -0.2) is 0 Å². The summed E-state index contributed by atoms with van der Waals surface area (Å²) in [6.45, 7) is 4.74. The van der Waals surface area contributed by atoms with Crippen LogP contribution in [-0.2, 0) is 11.2 Å². The van der Waals surface area contributed by atoms with E-state index in [1.807, 2.05) is 36.1 Å². The number of halogens is 1. The molecule has 1 aliphatic rings. The third-order valence-electron chi connectivity index (χ3n) is 5.49. The van der Waals surface area contributed by atoms with Crippen molar-refractivity contribution < 1.29 is 9.53 Å². The van der Waals surface area contributed by atoms with Crippen molar-refractivity contribution in [3.05, 3.63) is 88.9 Å². The number of nitrogens with one attached hydrogen (secondary N) is 1. The Morgan fingerprint density at radius 1 is 1.00 bits per heavy atom. The maximum absolute atomic E-state index is 13.0. The first-order chi connectivity index (χ1) is 14.6. The van der Waals surface area contributed by atoms with Crippen molar-refractivity contribution in [1.82, 2.24) is 0 Å². The van der Waals surface area contributed by atoms with Crippen LogP contribution in [-0.4, -0.2) is 24.6 Å². The summed E-state index contributed by atoms with van der Waals surface area (Å²) in [7, 11) is 0. The first-order valence-corrected chi connectivity index (χ1v) is 10.6. The standard InChI is InChI=1S/C25H25ClN2O2/c1-3-18-8-12-20(13-9-18)27-16-23-24(30-21-14-10-19(26)11-15-21)25(29)28(23)22-7-5-4-6-17(22)2/h4-15,23-24,27H,3,16H2,1-2H3/t23-,24-/m0/s1. The molecule has 1 fully saturated rings. The largest absolute Gasteiger partial charge is 0.478 e. The number of anilines is 2. The van der Waals surface area contributed by atoms with Crippen molar-refractivity contribution in [2.45, 2.75) is 32.4 Å². The van der Waals surface area contributed by atoms with Crippen molar-refractivity contribution in [2.75, 3.05) is 16.8 Å². The van der Waals surface area contributed by atoms with Crippen molar-refractivity contribution in [2.24, 2.45) is 0 Å². The van der Waals surface area contributed by atoms with Crippen LogP contribution in [0.15, 0.2) is 72.8 Å². The first kappa shape index (κ1) is 20.3. The number of para-hydroxylation sites is 1. The summed E-state index contributed by atoms with van der Waals surface area (Å²) < 4.78 is 6.06. The topological polar surface area (TPSA) is 41.6 Å². The summed E-state index contributed by atoms with van der Waals surface area (Å²) in [6.07, 6.45) is 0.461. The first-order valence-electron chi connectivity index (χ1n) is 10.2. The Kier molecular flexibility index (Phi) is 5.96. The molecule has 154 valence electrons. The average Bonchev–Trinajstić information content (AvgIpc) is 2.77. The van der Waals surface area contributed by atoms with E-state index in [-0.39, 0.29) is 11.9 Å². The van der Waals surface area contributed by atoms with Crippen LogP contribution < -0.4 is 15.0 Å². The van der Waals surface area contributed by atoms with E-state index in [0.29, 0.717) is 17.3 Å². The Morgan fingerprint density at radius 2 is 1.70 bits per heavy atom. The molecule has 1 heterocycles. The van der Waals surface area contributed by atoms with Crippen molar-refractivity contribution in [3.63, 3.8) is 0 Å². The van der Waals surface area contributed by atoms with Crippen LogP contribution in [0.5, 0.6) is 5.75 Å². The van der Waals surface area contributed by atoms with Crippen LogP contribution in [0, 0.1) is 6.92 Å². The minimum absolute atomic E-state index is 0.0348. The molecule has 0 unspecified atom stereocenters. The van der Waals surface area contributed by atoms with Gasteiger partial charge in [0.1, 0.15) is 11.8 Å². The van der Waals surface area contributed by atoms with Gasteiger partial charge in [-0.1, -0.05) is 48.9 Å². The van der Waals surface area contributed by atoms with E-state index in [0.717, 1.165) is 23.4 Å². The summed E-state index contributed by atoms with van der Waals surface area (Å²) in [5.74, 6) is 0.604. The number of nitrogens with zero attached hydrogens (tertiary/aromatic N) is 1. The second kappa shape index (κ2) is 8.80. The molecule has 1 saturated heterocycles. The highest BCUT2D eigenvalue weighted by molar-refractivity contribution is 6.30. The SMILES string of the molecule is CCc1ccc(NC[C@H]2[C@H](Oc3ccc(Cl)cc3)C(=O)N2c2ccccc2C)cc1. The fourth-order valence-corrected chi connectivity index (χ4v) is 3.84. The van der Waals surface area contributed by atoms with E-state index in [4.69, 9.17) is 16.3 Å². The highest BCUT2D eigenvalue weighted by atomic mass is 35.5. The van der Waals surface area contributed by atoms with Crippen LogP contribution in [0.1, 0.15) is 18.1 Å². The Morgan fingerprint density at radius 3 is 2.37 bits per heavy atom. The Labute approximate surface area is 182 Å². The lowest BCUT2D eigenvalue weighted by atomic mass is 9.94. The van der Waals surface area contributed by atoms with E-state index < -0.39 is 6.10 Å². The van der Waals surface area contributed by atoms with Crippen LogP contribution in [0.2, 0.25) is 5.02 Å². The molecule has 0 saturated carbocycles. The predicted molar refractivity (Wildman–Crippen MR) is 123 cm³/mol. The van der Waals surface area contributed by atoms with Crippen molar-refractivity contribution in [1.29, 1.82) is 0 Å². The number of hydrogen-bond donors (Lipinski definition) is 1. The second-order valence-electron chi connectivity index (χ2n) is 7.49. The van der Waals surface area contributed by atoms with Gasteiger partial charge in [-0.15, -0.1) is 0 Å². The quantitative estimate of drug-likeness (QED) is 0.514. The van der Waals surface area contributed by atoms with E-state index >= 15 is 0 Å². The minimum atomic E-state index is -0.548. The van der Waals surface area contributed by atoms with Crippen LogP contribution in [0.4, 0.5) is 11.4 Å². The molecular weight excluding hydrogens is 396 g/mol. The monoisotopic (exact) mass is 420 g/mol. The number of aryl methyl sites for hydroxylation is 2. The van der Waals surface area contributed by atoms with Gasteiger partial charge in [0.25, 0.3) is 5.91 Å². The zero-order valence-electron chi connectivity index (χ0n) is 17.1. The number of benzene rings is 3. The predicted octanol–water partition coefficient (Wildman–Crippen LogP) is 5.49. The van der Waals surface area contributed by atoms with Gasteiger partial charge in [-0.2, -0.15) is 0 Å². The number of carbonyl (C=O) groups excluding carboxylic acids is 1. The van der Waals surface area contributed by atoms with Gasteiger partial charge in [0, 0.05) is 22.9 Å². The Balaban J connectivity index is 1.54. The molecule has 0 aliphatic carbocycles. The van der Waals surface area contributed by atoms with Gasteiger partial charge < -0.3 is 10.1 Å². The number of carbonyl (C=O) groups is 1. The lowest BCUT2D eigenvalue weighted by Crippen LogP contribution is -2.69. The molecule has 4 nitrogen and oxygen atoms in total. The molecule has 30 heavy (non-hydrogen) atoms. The number of rotatable bonds is 7. The summed E-state index contributed by atoms with van der Waals surface area (Å²) in [4.78, 5) is 14.9. The van der Waals surface area contributed by atoms with E-state index in [2.05, 4.69) is 36.5 Å². The highest BCUT2D eigenvalue weighted by Gasteiger charge is 2.50. The summed E-state index contributed by atoms with van der Waals surface area (Å²) in [5, 5.41) is 4.10. The molecule has 0 spiro atoms. The molecule has 0 bridgehead atoms. The van der Waals surface area contributed by atoms with Crippen molar-refractivity contribution in [3.8, 4) is 5.75 Å². The Bertz CT molecular complexity index is 1020. The molecule has 1 aliphatic heterocycles. The van der Waals surface area contributed by atoms with Gasteiger partial charge in [-0.05, 0) is 66.9 Å². The fraction of sp³-hybridized carbons (Fsp3) is 0.240. The zero-order valence-corrected chi connectivity index (χ0v) is 17.9. The molecule has 4 rings (SSSR count). The molecule has 5 heteroatoms. The molecule has 3 aromatic carbocycles. The van der Waals surface area contributed by atoms with Crippen molar-refractivity contribution >= 4 is 28.9 Å². The zero-order chi connectivity index (χ0) is 21.1. The number of ether oxygens (including phenoxy) is 1. The van der Waals surface area contributed by atoms with Gasteiger partial charge >= 0.3 is 0 Å². The molecule has 1 amide bonds. The summed E-state index contributed by atoms with van der Waals surface area (Å²) in [5.41, 5.74) is 4.31. The van der Waals surface area contributed by atoms with Gasteiger partial charge in [0.15, 0.2) is 6.10 Å². The third-order valence-corrected chi connectivity index (χ3v) is 5.74. The molecule has 1 N–H and O–H groups in total. The normalized spacial score (nSPS) is 18.1. The molecular formula is C25H25ClN2O2. The molecule has 0 aromatic heterocycles. The number of hydrogen-bond acceptors (Lipinski definition) is 3. The molecule has 2 atom stereocenters. The van der Waals surface area contributed by atoms with Gasteiger partial charge in [0.2, 0.25) is 0 Å². The lowest BCUT2D eigenvalue weighted by Gasteiger charge is -2.47. The van der Waals surface area contributed by atoms with E-state index in [1.54, 1.807) is 24.3 Å². The number of amides is 1. The Hall–Kier alpha value is -2.98.